The average molecular weight is 272 g/mol. The van der Waals surface area contributed by atoms with E-state index >= 15 is 0 Å². The van der Waals surface area contributed by atoms with Gasteiger partial charge in [0.1, 0.15) is 17.3 Å². The van der Waals surface area contributed by atoms with Crippen molar-refractivity contribution in [2.45, 2.75) is 24.8 Å². The van der Waals surface area contributed by atoms with E-state index in [-0.39, 0.29) is 4.90 Å². The van der Waals surface area contributed by atoms with Crippen LogP contribution in [0.25, 0.3) is 0 Å². The number of benzene rings is 1. The van der Waals surface area contributed by atoms with Gasteiger partial charge in [-0.3, -0.25) is 0 Å². The fraction of sp³-hybridized carbons (Fsp3) is 0.500. The van der Waals surface area contributed by atoms with Gasteiger partial charge in [-0.2, -0.15) is 0 Å². The van der Waals surface area contributed by atoms with Crippen molar-refractivity contribution in [1.29, 1.82) is 0 Å². The molecule has 0 aromatic heterocycles. The monoisotopic (exact) mass is 272 g/mol. The summed E-state index contributed by atoms with van der Waals surface area (Å²) in [5.74, 6) is 0.373. The maximum Gasteiger partial charge on any atom is 0.243 e. The number of sulfonamides is 1. The molecule has 102 valence electrons. The molecule has 0 saturated heterocycles. The summed E-state index contributed by atoms with van der Waals surface area (Å²) in [6, 6.07) is 6.98. The molecule has 1 aromatic carbocycles. The lowest BCUT2D eigenvalue weighted by atomic mass is 10.3. The van der Waals surface area contributed by atoms with E-state index in [4.69, 9.17) is 4.74 Å². The van der Waals surface area contributed by atoms with Crippen molar-refractivity contribution < 1.29 is 13.2 Å². The highest BCUT2D eigenvalue weighted by atomic mass is 32.2. The second kappa shape index (κ2) is 6.72. The van der Waals surface area contributed by atoms with E-state index in [0.29, 0.717) is 24.9 Å². The normalized spacial score (nSPS) is 11.8. The first-order chi connectivity index (χ1) is 8.47. The Morgan fingerprint density at radius 3 is 2.56 bits per heavy atom. The van der Waals surface area contributed by atoms with E-state index in [2.05, 4.69) is 10.0 Å². The fourth-order valence-corrected chi connectivity index (χ4v) is 2.28. The molecule has 0 aliphatic heterocycles. The molecule has 0 aliphatic rings. The van der Waals surface area contributed by atoms with Crippen LogP contribution in [0.2, 0.25) is 0 Å². The lowest BCUT2D eigenvalue weighted by Gasteiger charge is -2.12. The van der Waals surface area contributed by atoms with Crippen molar-refractivity contribution in [3.05, 3.63) is 24.3 Å². The second-order valence-electron chi connectivity index (χ2n) is 4.11. The minimum atomic E-state index is -3.48. The van der Waals surface area contributed by atoms with Crippen LogP contribution in [0.15, 0.2) is 29.2 Å². The largest absolute Gasteiger partial charge is 0.491 e. The molecule has 1 aromatic rings. The molecule has 0 heterocycles. The summed E-state index contributed by atoms with van der Waals surface area (Å²) in [7, 11) is -2.10. The van der Waals surface area contributed by atoms with Crippen LogP contribution < -0.4 is 14.8 Å². The van der Waals surface area contributed by atoms with E-state index in [9.17, 15) is 8.42 Å². The predicted molar refractivity (Wildman–Crippen MR) is 71.3 cm³/mol. The van der Waals surface area contributed by atoms with Crippen LogP contribution in [0, 0.1) is 0 Å². The average Bonchev–Trinajstić information content (AvgIpc) is 2.35. The molecular weight excluding hydrogens is 252 g/mol. The smallest absolute Gasteiger partial charge is 0.243 e. The van der Waals surface area contributed by atoms with E-state index in [1.807, 2.05) is 13.8 Å². The summed E-state index contributed by atoms with van der Waals surface area (Å²) in [4.78, 5) is 0.164. The fourth-order valence-electron chi connectivity index (χ4n) is 1.41. The maximum atomic E-state index is 11.8. The van der Waals surface area contributed by atoms with Crippen molar-refractivity contribution in [3.63, 3.8) is 0 Å². The predicted octanol–water partition coefficient (Wildman–Crippen LogP) is 0.971. The Balaban J connectivity index is 2.72. The third-order valence-corrected chi connectivity index (χ3v) is 3.77. The van der Waals surface area contributed by atoms with Crippen LogP contribution in [0.1, 0.15) is 13.8 Å². The van der Waals surface area contributed by atoms with Gasteiger partial charge in [-0.15, -0.1) is 0 Å². The first-order valence-electron chi connectivity index (χ1n) is 5.86. The van der Waals surface area contributed by atoms with E-state index in [1.54, 1.807) is 18.2 Å². The minimum Gasteiger partial charge on any atom is -0.491 e. The highest BCUT2D eigenvalue weighted by molar-refractivity contribution is 7.89. The summed E-state index contributed by atoms with van der Waals surface area (Å²) in [6.45, 7) is 5.18. The van der Waals surface area contributed by atoms with Gasteiger partial charge in [-0.05, 0) is 19.2 Å². The Labute approximate surface area is 109 Å². The Morgan fingerprint density at radius 2 is 1.94 bits per heavy atom. The van der Waals surface area contributed by atoms with Crippen molar-refractivity contribution >= 4 is 10.0 Å². The Kier molecular flexibility index (Phi) is 5.58. The first-order valence-corrected chi connectivity index (χ1v) is 7.34. The van der Waals surface area contributed by atoms with Crippen molar-refractivity contribution in [1.82, 2.24) is 10.0 Å². The minimum absolute atomic E-state index is 0.164. The molecule has 0 bridgehead atoms. The van der Waals surface area contributed by atoms with E-state index in [0.717, 1.165) is 0 Å². The molecule has 6 heteroatoms. The number of rotatable bonds is 7. The highest BCUT2D eigenvalue weighted by Crippen LogP contribution is 2.22. The van der Waals surface area contributed by atoms with Gasteiger partial charge in [0.05, 0.1) is 0 Å². The van der Waals surface area contributed by atoms with Gasteiger partial charge in [0.2, 0.25) is 10.0 Å². The number of nitrogens with one attached hydrogen (secondary N) is 2. The quantitative estimate of drug-likeness (QED) is 0.726. The molecule has 0 fully saturated rings. The SMILES string of the molecule is CNS(=O)(=O)c1ccccc1OCCNC(C)C. The first kappa shape index (κ1) is 14.9. The maximum absolute atomic E-state index is 11.8. The van der Waals surface area contributed by atoms with Crippen molar-refractivity contribution in [2.24, 2.45) is 0 Å². The van der Waals surface area contributed by atoms with Gasteiger partial charge >= 0.3 is 0 Å². The Bertz CT molecular complexity index is 472. The molecule has 0 aliphatic carbocycles. The number of hydrogen-bond donors (Lipinski definition) is 2. The second-order valence-corrected chi connectivity index (χ2v) is 5.97. The van der Waals surface area contributed by atoms with E-state index in [1.165, 1.54) is 13.1 Å². The Hall–Kier alpha value is -1.11. The van der Waals surface area contributed by atoms with E-state index < -0.39 is 10.0 Å². The molecule has 0 unspecified atom stereocenters. The molecule has 0 radical (unpaired) electrons. The molecule has 1 rings (SSSR count). The molecule has 0 spiro atoms. The zero-order valence-electron chi connectivity index (χ0n) is 10.9. The summed E-state index contributed by atoms with van der Waals surface area (Å²) in [6.07, 6.45) is 0. The number of hydrogen-bond acceptors (Lipinski definition) is 4. The van der Waals surface area contributed by atoms with Crippen LogP contribution in [0.3, 0.4) is 0 Å². The number of para-hydroxylation sites is 1. The van der Waals surface area contributed by atoms with Crippen LogP contribution in [-0.4, -0.2) is 34.7 Å². The standard InChI is InChI=1S/C12H20N2O3S/c1-10(2)14-8-9-17-11-6-4-5-7-12(11)18(15,16)13-3/h4-7,10,13-14H,8-9H2,1-3H3. The number of ether oxygens (including phenoxy) is 1. The van der Waals surface area contributed by atoms with Gasteiger partial charge in [0.25, 0.3) is 0 Å². The summed E-state index contributed by atoms with van der Waals surface area (Å²) in [5.41, 5.74) is 0. The van der Waals surface area contributed by atoms with Gasteiger partial charge in [-0.25, -0.2) is 13.1 Å². The Morgan fingerprint density at radius 1 is 1.28 bits per heavy atom. The molecule has 2 N–H and O–H groups in total. The molecular formula is C12H20N2O3S. The van der Waals surface area contributed by atoms with Crippen LogP contribution in [-0.2, 0) is 10.0 Å². The lowest BCUT2D eigenvalue weighted by molar-refractivity contribution is 0.301. The van der Waals surface area contributed by atoms with Crippen LogP contribution in [0.5, 0.6) is 5.75 Å². The molecule has 0 amide bonds. The van der Waals surface area contributed by atoms with Gasteiger partial charge < -0.3 is 10.1 Å². The van der Waals surface area contributed by atoms with Crippen LogP contribution in [0.4, 0.5) is 0 Å². The van der Waals surface area contributed by atoms with Gasteiger partial charge in [0.15, 0.2) is 0 Å². The molecule has 18 heavy (non-hydrogen) atoms. The summed E-state index contributed by atoms with van der Waals surface area (Å²) < 4.78 is 31.3. The topological polar surface area (TPSA) is 67.4 Å². The molecule has 0 atom stereocenters. The molecule has 5 nitrogen and oxygen atoms in total. The van der Waals surface area contributed by atoms with Crippen molar-refractivity contribution in [2.75, 3.05) is 20.2 Å². The van der Waals surface area contributed by atoms with Crippen molar-refractivity contribution in [3.8, 4) is 5.75 Å². The third kappa shape index (κ3) is 4.29. The summed E-state index contributed by atoms with van der Waals surface area (Å²) >= 11 is 0. The zero-order valence-corrected chi connectivity index (χ0v) is 11.8. The summed E-state index contributed by atoms with van der Waals surface area (Å²) in [5, 5.41) is 3.20. The zero-order chi connectivity index (χ0) is 13.6. The van der Waals surface area contributed by atoms with Gasteiger partial charge in [0, 0.05) is 12.6 Å². The lowest BCUT2D eigenvalue weighted by Crippen LogP contribution is -2.28. The van der Waals surface area contributed by atoms with Crippen LogP contribution >= 0.6 is 0 Å². The highest BCUT2D eigenvalue weighted by Gasteiger charge is 2.16. The third-order valence-electron chi connectivity index (χ3n) is 2.32. The molecule has 0 saturated carbocycles. The van der Waals surface area contributed by atoms with Gasteiger partial charge in [-0.1, -0.05) is 26.0 Å².